The summed E-state index contributed by atoms with van der Waals surface area (Å²) in [6.45, 7) is 3.90. The van der Waals surface area contributed by atoms with Crippen molar-refractivity contribution in [3.8, 4) is 12.1 Å². The number of fused-ring (bicyclic) bond motifs is 1. The second kappa shape index (κ2) is 4.23. The molecule has 0 unspecified atom stereocenters. The number of pyridine rings is 1. The van der Waals surface area contributed by atoms with Crippen LogP contribution in [0.2, 0.25) is 0 Å². The Morgan fingerprint density at radius 2 is 2.06 bits per heavy atom. The first-order chi connectivity index (χ1) is 8.63. The molecule has 0 saturated carbocycles. The molecule has 0 aliphatic carbocycles. The molecule has 1 aromatic rings. The Morgan fingerprint density at radius 3 is 2.61 bits per heavy atom. The van der Waals surface area contributed by atoms with Gasteiger partial charge in [-0.2, -0.15) is 10.5 Å². The number of rotatable bonds is 1. The number of nitrogens with one attached hydrogen (secondary N) is 1. The highest BCUT2D eigenvalue weighted by atomic mass is 15.1. The first-order valence-electron chi connectivity index (χ1n) is 5.30. The average molecular weight is 237 g/mol. The third-order valence-electron chi connectivity index (χ3n) is 2.89. The molecule has 0 amide bonds. The Kier molecular flexibility index (Phi) is 2.75. The number of allylic oxidation sites excluding steroid dienone is 1. The molecule has 1 aliphatic rings. The predicted octanol–water partition coefficient (Wildman–Crippen LogP) is 1.37. The van der Waals surface area contributed by atoms with Gasteiger partial charge in [0.2, 0.25) is 0 Å². The minimum atomic E-state index is 0.319. The highest BCUT2D eigenvalue weighted by Crippen LogP contribution is 2.35. The van der Waals surface area contributed by atoms with Crippen molar-refractivity contribution in [2.24, 2.45) is 0 Å². The van der Waals surface area contributed by atoms with Crippen molar-refractivity contribution in [1.29, 1.82) is 10.5 Å². The Balaban J connectivity index is 2.78. The molecule has 18 heavy (non-hydrogen) atoms. The third-order valence-corrected chi connectivity index (χ3v) is 2.89. The Labute approximate surface area is 105 Å². The number of aromatic nitrogens is 1. The van der Waals surface area contributed by atoms with Crippen LogP contribution in [0.15, 0.2) is 30.0 Å². The van der Waals surface area contributed by atoms with Crippen molar-refractivity contribution in [3.63, 3.8) is 0 Å². The summed E-state index contributed by atoms with van der Waals surface area (Å²) < 4.78 is 0. The third kappa shape index (κ3) is 1.50. The molecule has 5 nitrogen and oxygen atoms in total. The lowest BCUT2D eigenvalue weighted by molar-refractivity contribution is 1.00. The van der Waals surface area contributed by atoms with E-state index in [4.69, 9.17) is 5.26 Å². The molecule has 0 atom stereocenters. The maximum Gasteiger partial charge on any atom is 0.141 e. The normalized spacial score (nSPS) is 13.8. The molecule has 88 valence electrons. The summed E-state index contributed by atoms with van der Waals surface area (Å²) in [5, 5.41) is 21.1. The summed E-state index contributed by atoms with van der Waals surface area (Å²) >= 11 is 0. The zero-order valence-electron chi connectivity index (χ0n) is 10.2. The molecule has 2 heterocycles. The van der Waals surface area contributed by atoms with Gasteiger partial charge in [-0.15, -0.1) is 0 Å². The minimum Gasteiger partial charge on any atom is -0.385 e. The predicted molar refractivity (Wildman–Crippen MR) is 68.1 cm³/mol. The van der Waals surface area contributed by atoms with E-state index in [1.54, 1.807) is 24.1 Å². The van der Waals surface area contributed by atoms with Crippen LogP contribution in [0, 0.1) is 22.7 Å². The van der Waals surface area contributed by atoms with E-state index in [1.165, 1.54) is 0 Å². The quantitative estimate of drug-likeness (QED) is 0.798. The number of likely N-dealkylation sites (N-methyl/N-ethyl adjacent to an activating group) is 1. The maximum absolute atomic E-state index is 9.20. The van der Waals surface area contributed by atoms with Crippen molar-refractivity contribution in [2.75, 3.05) is 19.0 Å². The molecular formula is C13H11N5. The summed E-state index contributed by atoms with van der Waals surface area (Å²) in [5.74, 6) is 0. The Bertz CT molecular complexity index is 642. The summed E-state index contributed by atoms with van der Waals surface area (Å²) in [7, 11) is 3.54. The van der Waals surface area contributed by atoms with Gasteiger partial charge in [0.1, 0.15) is 29.1 Å². The number of anilines is 1. The molecular weight excluding hydrogens is 226 g/mol. The van der Waals surface area contributed by atoms with E-state index in [2.05, 4.69) is 22.9 Å². The van der Waals surface area contributed by atoms with Crippen LogP contribution >= 0.6 is 0 Å². The van der Waals surface area contributed by atoms with Crippen molar-refractivity contribution >= 4 is 11.4 Å². The molecule has 2 rings (SSSR count). The highest BCUT2D eigenvalue weighted by Gasteiger charge is 2.26. The van der Waals surface area contributed by atoms with Crippen molar-refractivity contribution in [2.45, 2.75) is 0 Å². The summed E-state index contributed by atoms with van der Waals surface area (Å²) in [5.41, 5.74) is 3.40. The SMILES string of the molecule is C=C1C(C#N)=C(NC)c2nc(C#N)ccc2N1C. The van der Waals surface area contributed by atoms with E-state index < -0.39 is 0 Å². The number of hydrogen-bond donors (Lipinski definition) is 1. The first-order valence-corrected chi connectivity index (χ1v) is 5.30. The van der Waals surface area contributed by atoms with Gasteiger partial charge in [0.25, 0.3) is 0 Å². The second-order valence-corrected chi connectivity index (χ2v) is 3.79. The maximum atomic E-state index is 9.20. The van der Waals surface area contributed by atoms with Crippen LogP contribution in [0.4, 0.5) is 5.69 Å². The largest absolute Gasteiger partial charge is 0.385 e. The van der Waals surface area contributed by atoms with Gasteiger partial charge in [-0.25, -0.2) is 4.98 Å². The summed E-state index contributed by atoms with van der Waals surface area (Å²) in [6, 6.07) is 7.56. The van der Waals surface area contributed by atoms with Crippen LogP contribution in [0.25, 0.3) is 5.70 Å². The van der Waals surface area contributed by atoms with E-state index in [1.807, 2.05) is 13.1 Å². The van der Waals surface area contributed by atoms with Crippen LogP contribution in [0.3, 0.4) is 0 Å². The van der Waals surface area contributed by atoms with Crippen LogP contribution in [-0.2, 0) is 0 Å². The van der Waals surface area contributed by atoms with Crippen LogP contribution in [0.5, 0.6) is 0 Å². The topological polar surface area (TPSA) is 75.7 Å². The average Bonchev–Trinajstić information content (AvgIpc) is 2.41. The van der Waals surface area contributed by atoms with E-state index >= 15 is 0 Å². The van der Waals surface area contributed by atoms with Crippen molar-refractivity contribution < 1.29 is 0 Å². The van der Waals surface area contributed by atoms with Crippen molar-refractivity contribution in [3.05, 3.63) is 41.4 Å². The van der Waals surface area contributed by atoms with E-state index in [-0.39, 0.29) is 0 Å². The lowest BCUT2D eigenvalue weighted by Gasteiger charge is -2.30. The Hall–Kier alpha value is -2.79. The highest BCUT2D eigenvalue weighted by molar-refractivity contribution is 5.86. The van der Waals surface area contributed by atoms with Gasteiger partial charge in [-0.1, -0.05) is 6.58 Å². The van der Waals surface area contributed by atoms with Crippen LogP contribution in [0.1, 0.15) is 11.4 Å². The fourth-order valence-electron chi connectivity index (χ4n) is 1.91. The van der Waals surface area contributed by atoms with E-state index in [0.29, 0.717) is 28.4 Å². The number of nitrogens with zero attached hydrogens (tertiary/aromatic N) is 4. The molecule has 0 aromatic carbocycles. The summed E-state index contributed by atoms with van der Waals surface area (Å²) in [4.78, 5) is 6.05. The number of hydrogen-bond acceptors (Lipinski definition) is 5. The lowest BCUT2D eigenvalue weighted by atomic mass is 10.0. The zero-order valence-corrected chi connectivity index (χ0v) is 10.2. The fourth-order valence-corrected chi connectivity index (χ4v) is 1.91. The monoisotopic (exact) mass is 237 g/mol. The molecule has 1 N–H and O–H groups in total. The van der Waals surface area contributed by atoms with Gasteiger partial charge in [-0.3, -0.25) is 0 Å². The van der Waals surface area contributed by atoms with Gasteiger partial charge in [0, 0.05) is 14.1 Å². The van der Waals surface area contributed by atoms with E-state index in [0.717, 1.165) is 5.69 Å². The van der Waals surface area contributed by atoms with Gasteiger partial charge in [-0.05, 0) is 12.1 Å². The van der Waals surface area contributed by atoms with Crippen molar-refractivity contribution in [1.82, 2.24) is 10.3 Å². The van der Waals surface area contributed by atoms with Crippen LogP contribution in [-0.4, -0.2) is 19.1 Å². The molecule has 5 heteroatoms. The van der Waals surface area contributed by atoms with E-state index in [9.17, 15) is 5.26 Å². The molecule has 0 fully saturated rings. The minimum absolute atomic E-state index is 0.319. The lowest BCUT2D eigenvalue weighted by Crippen LogP contribution is -2.27. The van der Waals surface area contributed by atoms with Gasteiger partial charge < -0.3 is 10.2 Å². The number of nitriles is 2. The molecule has 1 aliphatic heterocycles. The second-order valence-electron chi connectivity index (χ2n) is 3.79. The molecule has 0 spiro atoms. The van der Waals surface area contributed by atoms with Gasteiger partial charge in [0.05, 0.1) is 17.1 Å². The van der Waals surface area contributed by atoms with Crippen LogP contribution < -0.4 is 10.2 Å². The molecule has 1 aromatic heterocycles. The molecule has 0 saturated heterocycles. The Morgan fingerprint density at radius 1 is 1.33 bits per heavy atom. The fraction of sp³-hybridized carbons (Fsp3) is 0.154. The molecule has 0 bridgehead atoms. The zero-order chi connectivity index (χ0) is 13.3. The smallest absolute Gasteiger partial charge is 0.141 e. The standard InChI is InChI=1S/C13H11N5/c1-8-10(7-15)12(16-2)13-11(18(8)3)5-4-9(6-14)17-13/h4-5,16H,1H2,2-3H3. The summed E-state index contributed by atoms with van der Waals surface area (Å²) in [6.07, 6.45) is 0. The first kappa shape index (κ1) is 11.7. The van der Waals surface area contributed by atoms with Gasteiger partial charge in [0.15, 0.2) is 0 Å². The molecule has 0 radical (unpaired) electrons. The van der Waals surface area contributed by atoms with Gasteiger partial charge >= 0.3 is 0 Å².